The molecule has 162 valence electrons. The van der Waals surface area contributed by atoms with Crippen LogP contribution in [0.25, 0.3) is 10.9 Å². The number of anilines is 1. The molecule has 1 fully saturated rings. The van der Waals surface area contributed by atoms with Crippen LogP contribution in [0.3, 0.4) is 0 Å². The molecule has 0 saturated carbocycles. The summed E-state index contributed by atoms with van der Waals surface area (Å²) in [4.78, 5) is 25.9. The number of nitrogens with two attached hydrogens (primary N) is 1. The summed E-state index contributed by atoms with van der Waals surface area (Å²) < 4.78 is 5.76. The number of ether oxygens (including phenoxy) is 1. The van der Waals surface area contributed by atoms with Crippen LogP contribution in [0.2, 0.25) is 10.0 Å². The van der Waals surface area contributed by atoms with Crippen LogP contribution in [0.4, 0.5) is 5.82 Å². The Kier molecular flexibility index (Phi) is 6.46. The Labute approximate surface area is 190 Å². The first-order chi connectivity index (χ1) is 14.9. The molecule has 2 N–H and O–H groups in total. The van der Waals surface area contributed by atoms with E-state index in [1.54, 1.807) is 30.0 Å². The topological polar surface area (TPSA) is 84.6 Å². The molecule has 2 aromatic carbocycles. The van der Waals surface area contributed by atoms with Gasteiger partial charge in [-0.05, 0) is 37.3 Å². The number of piperazine rings is 1. The smallest absolute Gasteiger partial charge is 0.263 e. The maximum Gasteiger partial charge on any atom is 0.263 e. The van der Waals surface area contributed by atoms with Crippen LogP contribution in [0.15, 0.2) is 42.5 Å². The minimum Gasteiger partial charge on any atom is -0.479 e. The van der Waals surface area contributed by atoms with Crippen molar-refractivity contribution in [2.24, 2.45) is 0 Å². The first kappa shape index (κ1) is 21.6. The van der Waals surface area contributed by atoms with Crippen LogP contribution >= 0.6 is 23.2 Å². The fourth-order valence-corrected chi connectivity index (χ4v) is 4.07. The number of amides is 1. The van der Waals surface area contributed by atoms with E-state index in [9.17, 15) is 4.79 Å². The van der Waals surface area contributed by atoms with Crippen molar-refractivity contribution in [3.63, 3.8) is 0 Å². The molecule has 1 atom stereocenters. The predicted octanol–water partition coefficient (Wildman–Crippen LogP) is 3.63. The van der Waals surface area contributed by atoms with Crippen LogP contribution in [0, 0.1) is 0 Å². The molecular weight excluding hydrogens is 437 g/mol. The van der Waals surface area contributed by atoms with Crippen molar-refractivity contribution in [1.82, 2.24) is 19.8 Å². The molecule has 3 aromatic rings. The second kappa shape index (κ2) is 9.26. The molecule has 0 unspecified atom stereocenters. The Morgan fingerprint density at radius 2 is 1.87 bits per heavy atom. The minimum absolute atomic E-state index is 0.0723. The molecule has 0 spiro atoms. The molecule has 2 heterocycles. The lowest BCUT2D eigenvalue weighted by molar-refractivity contribution is -0.139. The van der Waals surface area contributed by atoms with E-state index in [2.05, 4.69) is 14.9 Å². The minimum atomic E-state index is -0.645. The molecule has 0 bridgehead atoms. The zero-order chi connectivity index (χ0) is 22.0. The van der Waals surface area contributed by atoms with Gasteiger partial charge in [-0.2, -0.15) is 0 Å². The normalized spacial score (nSPS) is 15.8. The maximum atomic E-state index is 12.8. The van der Waals surface area contributed by atoms with Gasteiger partial charge in [-0.25, -0.2) is 9.97 Å². The Morgan fingerprint density at radius 3 is 2.61 bits per heavy atom. The van der Waals surface area contributed by atoms with Crippen molar-refractivity contribution in [2.75, 3.05) is 31.9 Å². The van der Waals surface area contributed by atoms with Crippen LogP contribution in [0.1, 0.15) is 12.7 Å². The van der Waals surface area contributed by atoms with E-state index >= 15 is 0 Å². The zero-order valence-electron chi connectivity index (χ0n) is 17.1. The zero-order valence-corrected chi connectivity index (χ0v) is 18.6. The summed E-state index contributed by atoms with van der Waals surface area (Å²) in [5, 5.41) is 1.76. The standard InChI is InChI=1S/C22H23Cl2N5O2/c1-14(31-19-7-6-15(23)12-17(19)24)22(30)29-10-8-28(9-11-29)13-20-26-18-5-3-2-4-16(18)21(25)27-20/h2-7,12,14H,8-11,13H2,1H3,(H2,25,26,27)/t14-/m0/s1. The quantitative estimate of drug-likeness (QED) is 0.626. The van der Waals surface area contributed by atoms with Gasteiger partial charge in [0.05, 0.1) is 17.1 Å². The van der Waals surface area contributed by atoms with Crippen molar-refractivity contribution < 1.29 is 9.53 Å². The first-order valence-electron chi connectivity index (χ1n) is 10.0. The third-order valence-corrected chi connectivity index (χ3v) is 5.80. The summed E-state index contributed by atoms with van der Waals surface area (Å²) in [6.07, 6.45) is -0.645. The van der Waals surface area contributed by atoms with Gasteiger partial charge in [0, 0.05) is 36.6 Å². The number of carbonyl (C=O) groups is 1. The summed E-state index contributed by atoms with van der Waals surface area (Å²) in [6, 6.07) is 12.6. The van der Waals surface area contributed by atoms with Crippen LogP contribution in [-0.4, -0.2) is 58.0 Å². The molecule has 0 aliphatic carbocycles. The number of rotatable bonds is 5. The molecule has 7 nitrogen and oxygen atoms in total. The van der Waals surface area contributed by atoms with Gasteiger partial charge in [-0.1, -0.05) is 35.3 Å². The fourth-order valence-electron chi connectivity index (χ4n) is 3.62. The first-order valence-corrected chi connectivity index (χ1v) is 10.8. The summed E-state index contributed by atoms with van der Waals surface area (Å²) >= 11 is 12.1. The number of para-hydroxylation sites is 1. The average molecular weight is 460 g/mol. The van der Waals surface area contributed by atoms with E-state index < -0.39 is 6.10 Å². The monoisotopic (exact) mass is 459 g/mol. The maximum absolute atomic E-state index is 12.8. The molecule has 1 aromatic heterocycles. The highest BCUT2D eigenvalue weighted by Crippen LogP contribution is 2.28. The molecule has 1 aliphatic heterocycles. The highest BCUT2D eigenvalue weighted by atomic mass is 35.5. The lowest BCUT2D eigenvalue weighted by Crippen LogP contribution is -2.51. The third-order valence-electron chi connectivity index (χ3n) is 5.27. The van der Waals surface area contributed by atoms with E-state index in [0.29, 0.717) is 47.1 Å². The van der Waals surface area contributed by atoms with Gasteiger partial charge in [0.1, 0.15) is 17.4 Å². The lowest BCUT2D eigenvalue weighted by Gasteiger charge is -2.35. The number of nitrogen functional groups attached to an aromatic ring is 1. The van der Waals surface area contributed by atoms with Crippen molar-refractivity contribution >= 4 is 45.8 Å². The second-order valence-electron chi connectivity index (χ2n) is 7.48. The molecule has 4 rings (SSSR count). The van der Waals surface area contributed by atoms with Crippen molar-refractivity contribution in [2.45, 2.75) is 19.6 Å². The Morgan fingerprint density at radius 1 is 1.13 bits per heavy atom. The van der Waals surface area contributed by atoms with Crippen LogP contribution < -0.4 is 10.5 Å². The van der Waals surface area contributed by atoms with Crippen molar-refractivity contribution in [1.29, 1.82) is 0 Å². The van der Waals surface area contributed by atoms with E-state index in [1.807, 2.05) is 24.3 Å². The van der Waals surface area contributed by atoms with Gasteiger partial charge in [0.25, 0.3) is 5.91 Å². The van der Waals surface area contributed by atoms with Gasteiger partial charge in [-0.15, -0.1) is 0 Å². The molecule has 1 amide bonds. The summed E-state index contributed by atoms with van der Waals surface area (Å²) in [5.41, 5.74) is 6.92. The highest BCUT2D eigenvalue weighted by molar-refractivity contribution is 6.35. The number of hydrogen-bond acceptors (Lipinski definition) is 6. The summed E-state index contributed by atoms with van der Waals surface area (Å²) in [6.45, 7) is 4.95. The van der Waals surface area contributed by atoms with Gasteiger partial charge in [0.15, 0.2) is 6.10 Å². The average Bonchev–Trinajstić information content (AvgIpc) is 2.76. The second-order valence-corrected chi connectivity index (χ2v) is 8.32. The van der Waals surface area contributed by atoms with Gasteiger partial charge in [-0.3, -0.25) is 9.69 Å². The fraction of sp³-hybridized carbons (Fsp3) is 0.318. The molecule has 1 aliphatic rings. The lowest BCUT2D eigenvalue weighted by atomic mass is 10.2. The van der Waals surface area contributed by atoms with Gasteiger partial charge < -0.3 is 15.4 Å². The SMILES string of the molecule is C[C@H](Oc1ccc(Cl)cc1Cl)C(=O)N1CCN(Cc2nc(N)c3ccccc3n2)CC1. The third kappa shape index (κ3) is 5.01. The number of hydrogen-bond donors (Lipinski definition) is 1. The molecule has 1 saturated heterocycles. The number of benzene rings is 2. The largest absolute Gasteiger partial charge is 0.479 e. The highest BCUT2D eigenvalue weighted by Gasteiger charge is 2.27. The molecular formula is C22H23Cl2N5O2. The predicted molar refractivity (Wildman–Crippen MR) is 122 cm³/mol. The molecule has 9 heteroatoms. The number of nitrogens with zero attached hydrogens (tertiary/aromatic N) is 4. The summed E-state index contributed by atoms with van der Waals surface area (Å²) in [7, 11) is 0. The van der Waals surface area contributed by atoms with E-state index in [0.717, 1.165) is 24.0 Å². The van der Waals surface area contributed by atoms with Crippen LogP contribution in [-0.2, 0) is 11.3 Å². The Hall–Kier alpha value is -2.61. The van der Waals surface area contributed by atoms with Crippen LogP contribution in [0.5, 0.6) is 5.75 Å². The van der Waals surface area contributed by atoms with Crippen molar-refractivity contribution in [3.05, 3.63) is 58.3 Å². The van der Waals surface area contributed by atoms with Crippen molar-refractivity contribution in [3.8, 4) is 5.75 Å². The number of aromatic nitrogens is 2. The number of halogens is 2. The Balaban J connectivity index is 1.33. The van der Waals surface area contributed by atoms with Gasteiger partial charge >= 0.3 is 0 Å². The Bertz CT molecular complexity index is 1100. The molecule has 0 radical (unpaired) electrons. The van der Waals surface area contributed by atoms with E-state index in [-0.39, 0.29) is 5.91 Å². The van der Waals surface area contributed by atoms with E-state index in [4.69, 9.17) is 33.7 Å². The number of fused-ring (bicyclic) bond motifs is 1. The summed E-state index contributed by atoms with van der Waals surface area (Å²) in [5.74, 6) is 1.54. The number of carbonyl (C=O) groups excluding carboxylic acids is 1. The molecule has 31 heavy (non-hydrogen) atoms. The van der Waals surface area contributed by atoms with Gasteiger partial charge in [0.2, 0.25) is 0 Å². The van der Waals surface area contributed by atoms with E-state index in [1.165, 1.54) is 0 Å².